The van der Waals surface area contributed by atoms with E-state index >= 15 is 0 Å². The van der Waals surface area contributed by atoms with Crippen LogP contribution in [-0.4, -0.2) is 20.2 Å². The van der Waals surface area contributed by atoms with E-state index in [1.54, 1.807) is 36.4 Å². The van der Waals surface area contributed by atoms with Crippen molar-refractivity contribution in [3.8, 4) is 0 Å². The van der Waals surface area contributed by atoms with Gasteiger partial charge in [0, 0.05) is 5.56 Å². The number of carbonyl (C=O) groups is 1. The molecule has 4 nitrogen and oxygen atoms in total. The molecule has 3 N–H and O–H groups in total. The first-order valence-electron chi connectivity index (χ1n) is 6.85. The van der Waals surface area contributed by atoms with E-state index in [0.29, 0.717) is 11.3 Å². The Morgan fingerprint density at radius 2 is 1.58 bits per heavy atom. The molecular formula is C16H14Cl3N3OS. The minimum atomic E-state index is -1.76. The first-order valence-corrected chi connectivity index (χ1v) is 8.86. The van der Waals surface area contributed by atoms with E-state index < -0.39 is 9.17 Å². The van der Waals surface area contributed by atoms with E-state index in [1.807, 2.05) is 24.3 Å². The molecule has 0 heterocycles. The highest BCUT2D eigenvalue weighted by molar-refractivity contribution is 8.14. The van der Waals surface area contributed by atoms with Crippen molar-refractivity contribution in [1.29, 1.82) is 0 Å². The molecule has 0 aromatic heterocycles. The van der Waals surface area contributed by atoms with Crippen molar-refractivity contribution in [2.45, 2.75) is 9.17 Å². The van der Waals surface area contributed by atoms with Crippen LogP contribution in [0.2, 0.25) is 0 Å². The van der Waals surface area contributed by atoms with Gasteiger partial charge >= 0.3 is 0 Å². The molecule has 0 fully saturated rings. The second kappa shape index (κ2) is 8.62. The minimum Gasteiger partial charge on any atom is -0.378 e. The maximum atomic E-state index is 12.3. The van der Waals surface area contributed by atoms with Gasteiger partial charge in [0.15, 0.2) is 5.17 Å². The minimum absolute atomic E-state index is 0.172. The Kier molecular flexibility index (Phi) is 6.80. The summed E-state index contributed by atoms with van der Waals surface area (Å²) in [5.41, 5.74) is 7.02. The second-order valence-electron chi connectivity index (χ2n) is 4.66. The highest BCUT2D eigenvalue weighted by Gasteiger charge is 2.35. The van der Waals surface area contributed by atoms with Crippen molar-refractivity contribution in [2.75, 3.05) is 0 Å². The Bertz CT molecular complexity index is 706. The summed E-state index contributed by atoms with van der Waals surface area (Å²) in [5.74, 6) is -0.369. The molecule has 8 heteroatoms. The van der Waals surface area contributed by atoms with E-state index in [1.165, 1.54) is 0 Å². The van der Waals surface area contributed by atoms with Crippen LogP contribution in [0.15, 0.2) is 65.7 Å². The summed E-state index contributed by atoms with van der Waals surface area (Å²) in [6, 6.07) is 17.7. The fourth-order valence-electron chi connectivity index (χ4n) is 1.75. The summed E-state index contributed by atoms with van der Waals surface area (Å²) < 4.78 is -1.76. The van der Waals surface area contributed by atoms with Crippen molar-refractivity contribution in [3.63, 3.8) is 0 Å². The number of alkyl halides is 3. The first kappa shape index (κ1) is 18.9. The third kappa shape index (κ3) is 5.91. The molecule has 0 aliphatic carbocycles. The summed E-state index contributed by atoms with van der Waals surface area (Å²) in [6.07, 6.45) is 0. The average molecular weight is 403 g/mol. The number of nitrogens with zero attached hydrogens (tertiary/aromatic N) is 1. The molecule has 1 atom stereocenters. The summed E-state index contributed by atoms with van der Waals surface area (Å²) in [4.78, 5) is 16.5. The number of carbonyl (C=O) groups excluding carboxylic acids is 1. The quantitative estimate of drug-likeness (QED) is 0.342. The van der Waals surface area contributed by atoms with Crippen molar-refractivity contribution < 1.29 is 4.79 Å². The Hall–Kier alpha value is -1.40. The maximum Gasteiger partial charge on any atom is 0.252 e. The molecule has 2 aromatic rings. The average Bonchev–Trinajstić information content (AvgIpc) is 2.55. The third-order valence-corrected chi connectivity index (χ3v) is 4.91. The lowest BCUT2D eigenvalue weighted by Crippen LogP contribution is -2.42. The van der Waals surface area contributed by atoms with Crippen molar-refractivity contribution >= 4 is 63.3 Å². The van der Waals surface area contributed by atoms with Crippen LogP contribution in [0, 0.1) is 0 Å². The SMILES string of the molecule is NC(=Nc1ccccc1)SC(NC(=O)c1ccccc1)C(Cl)(Cl)Cl. The van der Waals surface area contributed by atoms with Gasteiger partial charge in [0.25, 0.3) is 5.91 Å². The molecule has 0 saturated heterocycles. The molecule has 0 spiro atoms. The van der Waals surface area contributed by atoms with Gasteiger partial charge in [0.05, 0.1) is 5.69 Å². The molecule has 0 aliphatic rings. The number of halogens is 3. The van der Waals surface area contributed by atoms with Gasteiger partial charge in [-0.1, -0.05) is 83.0 Å². The fourth-order valence-corrected chi connectivity index (χ4v) is 3.01. The van der Waals surface area contributed by atoms with Gasteiger partial charge < -0.3 is 11.1 Å². The Labute approximate surface area is 159 Å². The third-order valence-electron chi connectivity index (χ3n) is 2.83. The predicted molar refractivity (Wildman–Crippen MR) is 103 cm³/mol. The topological polar surface area (TPSA) is 67.5 Å². The number of hydrogen-bond acceptors (Lipinski definition) is 3. The number of hydrogen-bond donors (Lipinski definition) is 2. The lowest BCUT2D eigenvalue weighted by molar-refractivity contribution is 0.0950. The van der Waals surface area contributed by atoms with E-state index in [4.69, 9.17) is 40.5 Å². The standard InChI is InChI=1S/C16H14Cl3N3OS/c17-16(18,19)14(22-13(23)11-7-3-1-4-8-11)24-15(20)21-12-9-5-2-6-10-12/h1-10,14H,(H2,20,21)(H,22,23). The number of thioether (sulfide) groups is 1. The number of nitrogens with two attached hydrogens (primary N) is 1. The molecule has 2 aromatic carbocycles. The Morgan fingerprint density at radius 1 is 1.04 bits per heavy atom. The zero-order chi connectivity index (χ0) is 17.6. The summed E-state index contributed by atoms with van der Waals surface area (Å²) in [6.45, 7) is 0. The van der Waals surface area contributed by atoms with Crippen LogP contribution in [0.3, 0.4) is 0 Å². The van der Waals surface area contributed by atoms with Crippen LogP contribution in [0.4, 0.5) is 5.69 Å². The molecule has 1 amide bonds. The van der Waals surface area contributed by atoms with E-state index in [2.05, 4.69) is 10.3 Å². The molecule has 0 bridgehead atoms. The molecule has 0 radical (unpaired) electrons. The maximum absolute atomic E-state index is 12.3. The number of aliphatic imine (C=N–C) groups is 1. The number of rotatable bonds is 4. The predicted octanol–water partition coefficient (Wildman–Crippen LogP) is 4.49. The van der Waals surface area contributed by atoms with Crippen molar-refractivity contribution in [1.82, 2.24) is 5.32 Å². The molecule has 24 heavy (non-hydrogen) atoms. The highest BCUT2D eigenvalue weighted by atomic mass is 35.6. The van der Waals surface area contributed by atoms with Crippen LogP contribution >= 0.6 is 46.6 Å². The van der Waals surface area contributed by atoms with Gasteiger partial charge in [-0.2, -0.15) is 0 Å². The van der Waals surface area contributed by atoms with Crippen LogP contribution in [0.1, 0.15) is 10.4 Å². The van der Waals surface area contributed by atoms with E-state index in [-0.39, 0.29) is 11.1 Å². The van der Waals surface area contributed by atoms with E-state index in [9.17, 15) is 4.79 Å². The van der Waals surface area contributed by atoms with Gasteiger partial charge in [-0.05, 0) is 24.3 Å². The first-order chi connectivity index (χ1) is 11.4. The largest absolute Gasteiger partial charge is 0.378 e. The second-order valence-corrected chi connectivity index (χ2v) is 8.16. The molecule has 1 unspecified atom stereocenters. The normalized spacial score (nSPS) is 13.4. The number of para-hydroxylation sites is 1. The van der Waals surface area contributed by atoms with Gasteiger partial charge in [0.1, 0.15) is 5.37 Å². The zero-order valence-corrected chi connectivity index (χ0v) is 15.4. The molecule has 0 saturated carbocycles. The van der Waals surface area contributed by atoms with Crippen LogP contribution in [0.25, 0.3) is 0 Å². The zero-order valence-electron chi connectivity index (χ0n) is 12.3. The number of nitrogens with one attached hydrogen (secondary N) is 1. The van der Waals surface area contributed by atoms with Gasteiger partial charge in [-0.15, -0.1) is 0 Å². The smallest absolute Gasteiger partial charge is 0.252 e. The van der Waals surface area contributed by atoms with Gasteiger partial charge in [-0.3, -0.25) is 4.79 Å². The van der Waals surface area contributed by atoms with Crippen LogP contribution in [0.5, 0.6) is 0 Å². The number of amides is 1. The number of benzene rings is 2. The van der Waals surface area contributed by atoms with Crippen molar-refractivity contribution in [3.05, 3.63) is 66.2 Å². The van der Waals surface area contributed by atoms with Gasteiger partial charge in [0.2, 0.25) is 3.79 Å². The van der Waals surface area contributed by atoms with Crippen LogP contribution < -0.4 is 11.1 Å². The van der Waals surface area contributed by atoms with E-state index in [0.717, 1.165) is 11.8 Å². The lowest BCUT2D eigenvalue weighted by atomic mass is 10.2. The molecular weight excluding hydrogens is 389 g/mol. The Morgan fingerprint density at radius 3 is 2.12 bits per heavy atom. The van der Waals surface area contributed by atoms with Gasteiger partial charge in [-0.25, -0.2) is 4.99 Å². The lowest BCUT2D eigenvalue weighted by Gasteiger charge is -2.24. The van der Waals surface area contributed by atoms with Crippen molar-refractivity contribution in [2.24, 2.45) is 10.7 Å². The molecule has 0 aliphatic heterocycles. The summed E-state index contributed by atoms with van der Waals surface area (Å²) in [5, 5.41) is 1.93. The number of amidine groups is 1. The molecule has 126 valence electrons. The van der Waals surface area contributed by atoms with Crippen LogP contribution in [-0.2, 0) is 0 Å². The summed E-state index contributed by atoms with van der Waals surface area (Å²) >= 11 is 18.9. The summed E-state index contributed by atoms with van der Waals surface area (Å²) in [7, 11) is 0. The highest BCUT2D eigenvalue weighted by Crippen LogP contribution is 2.36. The monoisotopic (exact) mass is 401 g/mol. The Balaban J connectivity index is 2.12. The molecule has 2 rings (SSSR count). The fraction of sp³-hybridized carbons (Fsp3) is 0.125.